The van der Waals surface area contributed by atoms with E-state index in [0.717, 1.165) is 0 Å². The predicted octanol–water partition coefficient (Wildman–Crippen LogP) is -5.93. The molecule has 3 nitrogen and oxygen atoms in total. The van der Waals surface area contributed by atoms with Gasteiger partial charge in [0.1, 0.15) is 0 Å². The Morgan fingerprint density at radius 3 is 1.40 bits per heavy atom. The molecule has 0 rings (SSSR count). The molecule has 0 aliphatic heterocycles. The summed E-state index contributed by atoms with van der Waals surface area (Å²) in [5.74, 6) is 0. The summed E-state index contributed by atoms with van der Waals surface area (Å²) in [7, 11) is 0. The Kier molecular flexibility index (Phi) is 11.9. The predicted molar refractivity (Wildman–Crippen MR) is 2.22 cm³/mol. The first-order valence-electron chi connectivity index (χ1n) is 0.478. The Bertz CT molecular complexity index is 11.6. The van der Waals surface area contributed by atoms with Crippen LogP contribution >= 0.6 is 0 Å². The molecule has 5 heavy (non-hydrogen) atoms. The maximum atomic E-state index is 8.68. The summed E-state index contributed by atoms with van der Waals surface area (Å²) in [4.78, 5) is 0. The van der Waals surface area contributed by atoms with Gasteiger partial charge in [-0.1, -0.05) is 0 Å². The van der Waals surface area contributed by atoms with Crippen LogP contribution in [0.15, 0.2) is 0 Å². The Morgan fingerprint density at radius 2 is 1.40 bits per heavy atom. The molecule has 32 valence electrons. The smallest absolute Gasteiger partial charge is 0.396 e. The largest absolute Gasteiger partial charge is 0.503 e. The zero-order valence-electron chi connectivity index (χ0n) is 2.05. The van der Waals surface area contributed by atoms with Crippen LogP contribution in [0.5, 0.6) is 0 Å². The average molecular weight is 326 g/mol. The van der Waals surface area contributed by atoms with Crippen LogP contribution in [0.1, 0.15) is 0 Å². The van der Waals surface area contributed by atoms with E-state index in [2.05, 4.69) is 0 Å². The Balaban J connectivity index is 0. The summed E-state index contributed by atoms with van der Waals surface area (Å²) in [5, 5.41) is 0. The summed E-state index contributed by atoms with van der Waals surface area (Å²) < 4.78 is 24.5. The van der Waals surface area contributed by atoms with Crippen LogP contribution < -0.4 is 27.9 Å². The van der Waals surface area contributed by atoms with Crippen molar-refractivity contribution in [1.29, 1.82) is 0 Å². The maximum Gasteiger partial charge on any atom is 0.503 e. The van der Waals surface area contributed by atoms with Gasteiger partial charge < -0.3 is 6.87 Å². The molecule has 0 heterocycles. The minimum absolute atomic E-state index is 0. The summed E-state index contributed by atoms with van der Waals surface area (Å²) in [6, 6.07) is 0. The van der Waals surface area contributed by atoms with Crippen molar-refractivity contribution in [2.75, 3.05) is 0 Å². The van der Waals surface area contributed by atoms with Crippen LogP contribution in [-0.2, 0) is 0 Å². The Hall–Kier alpha value is 1.95. The van der Waals surface area contributed by atoms with E-state index in [0.29, 0.717) is 0 Å². The van der Waals surface area contributed by atoms with Gasteiger partial charge in [0.15, 0.2) is 0 Å². The molecule has 0 unspecified atom stereocenters. The van der Waals surface area contributed by atoms with Gasteiger partial charge in [0.05, 0.1) is 0 Å². The standard InChI is InChI=1S/HIO3.Sm/c2-1(3)4;/h2H;. The minimum atomic E-state index is -3.76. The summed E-state index contributed by atoms with van der Waals surface area (Å²) in [6.45, 7) is 0. The molecule has 0 spiro atoms. The number of hydrogen-bond acceptors (Lipinski definition) is 3. The van der Waals surface area contributed by atoms with E-state index < -0.39 is 21.1 Å². The molecular weight excluding hydrogens is 325 g/mol. The first-order valence-corrected chi connectivity index (χ1v) is 3.20. The summed E-state index contributed by atoms with van der Waals surface area (Å²) >= 11 is -3.76. The second kappa shape index (κ2) is 5.95. The monoisotopic (exact) mass is 328 g/mol. The van der Waals surface area contributed by atoms with Crippen molar-refractivity contribution >= 4 is 0 Å². The van der Waals surface area contributed by atoms with Crippen LogP contribution in [0.3, 0.4) is 0 Å². The Labute approximate surface area is 70.5 Å². The van der Waals surface area contributed by atoms with Crippen LogP contribution in [0, 0.1) is 40.4 Å². The van der Waals surface area contributed by atoms with Gasteiger partial charge >= 0.3 is 21.1 Å². The maximum absolute atomic E-state index is 8.68. The molecule has 1 N–H and O–H groups in total. The van der Waals surface area contributed by atoms with Crippen molar-refractivity contribution in [3.8, 4) is 0 Å². The van der Waals surface area contributed by atoms with E-state index in [1.165, 1.54) is 0 Å². The van der Waals surface area contributed by atoms with Gasteiger partial charge in [-0.2, -0.15) is 0 Å². The van der Waals surface area contributed by atoms with Gasteiger partial charge in [0.25, 0.3) is 0 Å². The second-order valence-corrected chi connectivity index (χ2v) is 1.35. The van der Waals surface area contributed by atoms with E-state index in [-0.39, 0.29) is 40.4 Å². The first-order chi connectivity index (χ1) is 1.73. The van der Waals surface area contributed by atoms with Crippen LogP contribution in [0.4, 0.5) is 0 Å². The second-order valence-electron chi connectivity index (χ2n) is 0.201. The molecule has 0 fully saturated rings. The molecule has 0 aromatic carbocycles. The molecule has 0 aromatic heterocycles. The van der Waals surface area contributed by atoms with Crippen LogP contribution in [0.2, 0.25) is 0 Å². The molecule has 0 saturated heterocycles. The van der Waals surface area contributed by atoms with Gasteiger partial charge in [-0.25, -0.2) is 0 Å². The average Bonchev–Trinajstić information content (AvgIpc) is 0.811. The van der Waals surface area contributed by atoms with Crippen molar-refractivity contribution in [2.24, 2.45) is 0 Å². The van der Waals surface area contributed by atoms with E-state index in [9.17, 15) is 0 Å². The van der Waals surface area contributed by atoms with E-state index in [1.807, 2.05) is 0 Å². The van der Waals surface area contributed by atoms with Crippen molar-refractivity contribution in [1.82, 2.24) is 0 Å². The normalized spacial score (nSPS) is 7.20. The SMILES string of the molecule is [O-][I+2]([O-])O.[Sm]. The number of halogens is 1. The molecule has 0 atom stereocenters. The first kappa shape index (κ1) is 10.0. The third kappa shape index (κ3) is 24.4. The van der Waals surface area contributed by atoms with Crippen molar-refractivity contribution in [2.45, 2.75) is 0 Å². The van der Waals surface area contributed by atoms with Gasteiger partial charge in [-0.05, 0) is 3.44 Å². The van der Waals surface area contributed by atoms with Gasteiger partial charge in [-0.3, -0.25) is 0 Å². The Morgan fingerprint density at radius 1 is 1.40 bits per heavy atom. The minimum Gasteiger partial charge on any atom is -0.396 e. The fourth-order valence-corrected chi connectivity index (χ4v) is 0. The van der Waals surface area contributed by atoms with Crippen LogP contribution in [-0.4, -0.2) is 3.44 Å². The van der Waals surface area contributed by atoms with E-state index in [4.69, 9.17) is 10.3 Å². The zero-order valence-corrected chi connectivity index (χ0v) is 6.83. The fourth-order valence-electron chi connectivity index (χ4n) is 0. The zero-order chi connectivity index (χ0) is 3.58. The quantitative estimate of drug-likeness (QED) is 0.451. The molecule has 0 radical (unpaired) electrons. The van der Waals surface area contributed by atoms with E-state index in [1.54, 1.807) is 0 Å². The molecule has 0 aromatic rings. The van der Waals surface area contributed by atoms with Crippen molar-refractivity contribution in [3.63, 3.8) is 0 Å². The summed E-state index contributed by atoms with van der Waals surface area (Å²) in [6.07, 6.45) is 0. The third-order valence-corrected chi connectivity index (χ3v) is 0. The van der Waals surface area contributed by atoms with E-state index >= 15 is 0 Å². The number of hydrogen-bond donors (Lipinski definition) is 1. The molecule has 0 amide bonds. The molecule has 0 aliphatic rings. The molecule has 5 heteroatoms. The van der Waals surface area contributed by atoms with Gasteiger partial charge in [0, 0.05) is 40.4 Å². The molecular formula is HIO3Sm. The van der Waals surface area contributed by atoms with Crippen molar-refractivity contribution < 1.29 is 71.8 Å². The van der Waals surface area contributed by atoms with Crippen LogP contribution in [0.25, 0.3) is 0 Å². The molecule has 0 aliphatic carbocycles. The van der Waals surface area contributed by atoms with Crippen molar-refractivity contribution in [3.05, 3.63) is 0 Å². The molecule has 0 saturated carbocycles. The van der Waals surface area contributed by atoms with Gasteiger partial charge in [-0.15, -0.1) is 0 Å². The molecule has 0 bridgehead atoms. The van der Waals surface area contributed by atoms with Gasteiger partial charge in [0.2, 0.25) is 0 Å². The topological polar surface area (TPSA) is 66.3 Å². The fraction of sp³-hybridized carbons (Fsp3) is 0. The summed E-state index contributed by atoms with van der Waals surface area (Å²) in [5.41, 5.74) is 0. The third-order valence-electron chi connectivity index (χ3n) is 0. The number of rotatable bonds is 0.